The number of benzene rings is 1. The van der Waals surface area contributed by atoms with Crippen LogP contribution in [0.5, 0.6) is 5.75 Å². The Morgan fingerprint density at radius 1 is 1.56 bits per heavy atom. The van der Waals surface area contributed by atoms with Crippen LogP contribution in [0.2, 0.25) is 5.02 Å². The molecular formula is C13H17ClN2O2. The van der Waals surface area contributed by atoms with E-state index in [-0.39, 0.29) is 11.8 Å². The van der Waals surface area contributed by atoms with E-state index in [4.69, 9.17) is 16.3 Å². The number of rotatable bonds is 4. The maximum atomic E-state index is 12.0. The fourth-order valence-electron chi connectivity index (χ4n) is 1.89. The molecule has 0 aromatic heterocycles. The number of methoxy groups -OCH3 is 1. The number of carbonyl (C=O) groups excluding carboxylic acids is 1. The minimum absolute atomic E-state index is 0.118. The van der Waals surface area contributed by atoms with Crippen molar-refractivity contribution in [2.45, 2.75) is 6.54 Å². The number of hydrogen-bond acceptors (Lipinski definition) is 3. The summed E-state index contributed by atoms with van der Waals surface area (Å²) in [7, 11) is 3.41. The number of hydrogen-bond donors (Lipinski definition) is 1. The number of nitrogens with one attached hydrogen (secondary N) is 1. The molecule has 1 N–H and O–H groups in total. The molecule has 0 atom stereocenters. The van der Waals surface area contributed by atoms with Crippen molar-refractivity contribution < 1.29 is 9.53 Å². The van der Waals surface area contributed by atoms with Gasteiger partial charge in [-0.05, 0) is 17.7 Å². The lowest BCUT2D eigenvalue weighted by atomic mass is 10.0. The smallest absolute Gasteiger partial charge is 0.228 e. The van der Waals surface area contributed by atoms with Gasteiger partial charge in [-0.2, -0.15) is 0 Å². The van der Waals surface area contributed by atoms with Gasteiger partial charge in [-0.3, -0.25) is 4.79 Å². The van der Waals surface area contributed by atoms with E-state index in [1.807, 2.05) is 12.1 Å². The average molecular weight is 269 g/mol. The zero-order chi connectivity index (χ0) is 13.1. The molecule has 0 bridgehead atoms. The van der Waals surface area contributed by atoms with Crippen molar-refractivity contribution in [2.75, 3.05) is 27.2 Å². The molecule has 18 heavy (non-hydrogen) atoms. The Balaban J connectivity index is 2.01. The monoisotopic (exact) mass is 268 g/mol. The van der Waals surface area contributed by atoms with E-state index in [1.165, 1.54) is 0 Å². The Kier molecular flexibility index (Phi) is 4.09. The maximum absolute atomic E-state index is 12.0. The van der Waals surface area contributed by atoms with Crippen molar-refractivity contribution in [3.63, 3.8) is 0 Å². The van der Waals surface area contributed by atoms with E-state index in [0.29, 0.717) is 11.6 Å². The highest BCUT2D eigenvalue weighted by molar-refractivity contribution is 6.31. The molecule has 0 spiro atoms. The summed E-state index contributed by atoms with van der Waals surface area (Å²) in [4.78, 5) is 13.7. The summed E-state index contributed by atoms with van der Waals surface area (Å²) in [5, 5.41) is 3.72. The Hall–Kier alpha value is -1.26. The Morgan fingerprint density at radius 3 is 2.78 bits per heavy atom. The lowest BCUT2D eigenvalue weighted by Crippen LogP contribution is -2.51. The molecular weight excluding hydrogens is 252 g/mol. The van der Waals surface area contributed by atoms with Crippen LogP contribution in [0.15, 0.2) is 18.2 Å². The molecule has 1 amide bonds. The van der Waals surface area contributed by atoms with E-state index in [9.17, 15) is 4.79 Å². The molecule has 1 aliphatic heterocycles. The van der Waals surface area contributed by atoms with Gasteiger partial charge in [-0.15, -0.1) is 0 Å². The molecule has 1 aromatic rings. The van der Waals surface area contributed by atoms with Gasteiger partial charge in [0.05, 0.1) is 13.0 Å². The molecule has 2 rings (SSSR count). The molecule has 1 heterocycles. The normalized spacial score (nSPS) is 15.1. The van der Waals surface area contributed by atoms with Crippen LogP contribution in [0.1, 0.15) is 5.56 Å². The van der Waals surface area contributed by atoms with Crippen LogP contribution in [0.25, 0.3) is 0 Å². The van der Waals surface area contributed by atoms with E-state index in [1.54, 1.807) is 25.1 Å². The zero-order valence-corrected chi connectivity index (χ0v) is 11.3. The van der Waals surface area contributed by atoms with Gasteiger partial charge in [0, 0.05) is 31.7 Å². The highest BCUT2D eigenvalue weighted by Crippen LogP contribution is 2.23. The quantitative estimate of drug-likeness (QED) is 0.900. The van der Waals surface area contributed by atoms with Crippen LogP contribution in [0.4, 0.5) is 0 Å². The first kappa shape index (κ1) is 13.2. The molecule has 98 valence electrons. The van der Waals surface area contributed by atoms with Crippen LogP contribution < -0.4 is 10.1 Å². The second-order valence-corrected chi connectivity index (χ2v) is 4.91. The second kappa shape index (κ2) is 5.59. The van der Waals surface area contributed by atoms with Gasteiger partial charge >= 0.3 is 0 Å². The van der Waals surface area contributed by atoms with Gasteiger partial charge in [0.25, 0.3) is 0 Å². The van der Waals surface area contributed by atoms with E-state index < -0.39 is 0 Å². The minimum Gasteiger partial charge on any atom is -0.497 e. The third-order valence-corrected chi connectivity index (χ3v) is 3.53. The third-order valence-electron chi connectivity index (χ3n) is 3.17. The molecule has 0 saturated carbocycles. The zero-order valence-electron chi connectivity index (χ0n) is 10.6. The van der Waals surface area contributed by atoms with Gasteiger partial charge in [0.1, 0.15) is 5.75 Å². The summed E-state index contributed by atoms with van der Waals surface area (Å²) in [5.74, 6) is 1.01. The average Bonchev–Trinajstić information content (AvgIpc) is 2.29. The fourth-order valence-corrected chi connectivity index (χ4v) is 2.12. The number of halogens is 1. The van der Waals surface area contributed by atoms with Crippen molar-refractivity contribution in [1.29, 1.82) is 0 Å². The van der Waals surface area contributed by atoms with Crippen LogP contribution >= 0.6 is 11.6 Å². The third kappa shape index (κ3) is 2.76. The van der Waals surface area contributed by atoms with Crippen molar-refractivity contribution >= 4 is 17.5 Å². The topological polar surface area (TPSA) is 41.6 Å². The lowest BCUT2D eigenvalue weighted by Gasteiger charge is -2.30. The van der Waals surface area contributed by atoms with Gasteiger partial charge in [0.2, 0.25) is 5.91 Å². The molecule has 0 aliphatic carbocycles. The number of carbonyl (C=O) groups is 1. The van der Waals surface area contributed by atoms with E-state index >= 15 is 0 Å². The standard InChI is InChI=1S/C13H17ClN2O2/c1-16(13(17)10-6-15-7-10)8-9-3-4-11(18-2)5-12(9)14/h3-5,10,15H,6-8H2,1-2H3. The highest BCUT2D eigenvalue weighted by atomic mass is 35.5. The number of amides is 1. The largest absolute Gasteiger partial charge is 0.497 e. The van der Waals surface area contributed by atoms with Crippen molar-refractivity contribution in [1.82, 2.24) is 10.2 Å². The lowest BCUT2D eigenvalue weighted by molar-refractivity contribution is -0.136. The molecule has 1 aromatic carbocycles. The molecule has 1 saturated heterocycles. The summed E-state index contributed by atoms with van der Waals surface area (Å²) in [6.45, 7) is 2.08. The summed E-state index contributed by atoms with van der Waals surface area (Å²) in [6, 6.07) is 5.51. The molecule has 0 unspecified atom stereocenters. The van der Waals surface area contributed by atoms with Crippen LogP contribution in [0, 0.1) is 5.92 Å². The Morgan fingerprint density at radius 2 is 2.28 bits per heavy atom. The van der Waals surface area contributed by atoms with E-state index in [0.717, 1.165) is 24.4 Å². The fraction of sp³-hybridized carbons (Fsp3) is 0.462. The molecule has 5 heteroatoms. The molecule has 0 radical (unpaired) electrons. The van der Waals surface area contributed by atoms with Gasteiger partial charge in [-0.25, -0.2) is 0 Å². The van der Waals surface area contributed by atoms with Crippen molar-refractivity contribution in [2.24, 2.45) is 5.92 Å². The first-order chi connectivity index (χ1) is 8.61. The van der Waals surface area contributed by atoms with Gasteiger partial charge < -0.3 is 15.0 Å². The number of nitrogens with zero attached hydrogens (tertiary/aromatic N) is 1. The first-order valence-electron chi connectivity index (χ1n) is 5.90. The van der Waals surface area contributed by atoms with Crippen LogP contribution in [-0.4, -0.2) is 38.1 Å². The summed E-state index contributed by atoms with van der Waals surface area (Å²) < 4.78 is 5.09. The SMILES string of the molecule is COc1ccc(CN(C)C(=O)C2CNC2)c(Cl)c1. The maximum Gasteiger partial charge on any atom is 0.228 e. The van der Waals surface area contributed by atoms with E-state index in [2.05, 4.69) is 5.32 Å². The predicted molar refractivity (Wildman–Crippen MR) is 70.8 cm³/mol. The number of ether oxygens (including phenoxy) is 1. The summed E-state index contributed by atoms with van der Waals surface area (Å²) in [5.41, 5.74) is 0.931. The molecule has 1 aliphatic rings. The molecule has 4 nitrogen and oxygen atoms in total. The Labute approximate surface area is 112 Å². The highest BCUT2D eigenvalue weighted by Gasteiger charge is 2.27. The molecule has 1 fully saturated rings. The van der Waals surface area contributed by atoms with Crippen LogP contribution in [-0.2, 0) is 11.3 Å². The van der Waals surface area contributed by atoms with Crippen molar-refractivity contribution in [3.8, 4) is 5.75 Å². The van der Waals surface area contributed by atoms with Gasteiger partial charge in [0.15, 0.2) is 0 Å². The van der Waals surface area contributed by atoms with Crippen molar-refractivity contribution in [3.05, 3.63) is 28.8 Å². The summed E-state index contributed by atoms with van der Waals surface area (Å²) >= 11 is 6.15. The summed E-state index contributed by atoms with van der Waals surface area (Å²) in [6.07, 6.45) is 0. The minimum atomic E-state index is 0.118. The van der Waals surface area contributed by atoms with Gasteiger partial charge in [-0.1, -0.05) is 17.7 Å². The second-order valence-electron chi connectivity index (χ2n) is 4.51. The predicted octanol–water partition coefficient (Wildman–Crippen LogP) is 1.53. The Bertz CT molecular complexity index is 447. The van der Waals surface area contributed by atoms with Crippen LogP contribution in [0.3, 0.4) is 0 Å². The first-order valence-corrected chi connectivity index (χ1v) is 6.27.